The molecule has 86 valence electrons. The van der Waals surface area contributed by atoms with Gasteiger partial charge in [0.2, 0.25) is 0 Å². The van der Waals surface area contributed by atoms with Gasteiger partial charge in [0.1, 0.15) is 9.84 Å². The van der Waals surface area contributed by atoms with Crippen LogP contribution in [-0.2, 0) is 14.6 Å². The standard InChI is InChI=1S/C8H20N2O3S/c1-3-5-13-7-8(10-9)4-6-14(2,11)12/h8,10H,3-7,9H2,1-2H3. The molecule has 5 nitrogen and oxygen atoms in total. The molecule has 1 atom stereocenters. The third kappa shape index (κ3) is 8.43. The van der Waals surface area contributed by atoms with Gasteiger partial charge < -0.3 is 4.74 Å². The fourth-order valence-corrected chi connectivity index (χ4v) is 1.65. The molecule has 0 bridgehead atoms. The lowest BCUT2D eigenvalue weighted by atomic mass is 10.2. The van der Waals surface area contributed by atoms with Crippen molar-refractivity contribution in [1.82, 2.24) is 5.43 Å². The van der Waals surface area contributed by atoms with E-state index < -0.39 is 9.84 Å². The second kappa shape index (κ2) is 7.17. The molecule has 0 aromatic carbocycles. The van der Waals surface area contributed by atoms with E-state index in [9.17, 15) is 8.42 Å². The molecule has 3 N–H and O–H groups in total. The quantitative estimate of drug-likeness (QED) is 0.335. The first-order valence-electron chi connectivity index (χ1n) is 4.71. The minimum Gasteiger partial charge on any atom is -0.380 e. The first-order valence-corrected chi connectivity index (χ1v) is 6.77. The van der Waals surface area contributed by atoms with Gasteiger partial charge in [-0.3, -0.25) is 11.3 Å². The van der Waals surface area contributed by atoms with E-state index in [2.05, 4.69) is 5.43 Å². The van der Waals surface area contributed by atoms with Crippen molar-refractivity contribution in [2.75, 3.05) is 25.2 Å². The van der Waals surface area contributed by atoms with E-state index in [1.54, 1.807) is 0 Å². The lowest BCUT2D eigenvalue weighted by Gasteiger charge is -2.14. The lowest BCUT2D eigenvalue weighted by molar-refractivity contribution is 0.111. The van der Waals surface area contributed by atoms with Crippen LogP contribution >= 0.6 is 0 Å². The molecule has 14 heavy (non-hydrogen) atoms. The van der Waals surface area contributed by atoms with Crippen molar-refractivity contribution >= 4 is 9.84 Å². The van der Waals surface area contributed by atoms with Gasteiger partial charge >= 0.3 is 0 Å². The summed E-state index contributed by atoms with van der Waals surface area (Å²) in [5.41, 5.74) is 2.54. The third-order valence-electron chi connectivity index (χ3n) is 1.74. The molecule has 0 saturated carbocycles. The molecule has 0 aromatic heterocycles. The van der Waals surface area contributed by atoms with Crippen molar-refractivity contribution in [3.05, 3.63) is 0 Å². The SMILES string of the molecule is CCCOCC(CCS(C)(=O)=O)NN. The third-order valence-corrected chi connectivity index (χ3v) is 2.72. The van der Waals surface area contributed by atoms with Crippen molar-refractivity contribution in [2.24, 2.45) is 5.84 Å². The molecule has 0 aliphatic rings. The fourth-order valence-electron chi connectivity index (χ4n) is 0.941. The lowest BCUT2D eigenvalue weighted by Crippen LogP contribution is -2.40. The molecule has 0 amide bonds. The molecule has 0 radical (unpaired) electrons. The minimum atomic E-state index is -2.91. The fraction of sp³-hybridized carbons (Fsp3) is 1.00. The summed E-state index contributed by atoms with van der Waals surface area (Å²) in [6.45, 7) is 3.15. The van der Waals surface area contributed by atoms with E-state index in [4.69, 9.17) is 10.6 Å². The molecule has 0 rings (SSSR count). The van der Waals surface area contributed by atoms with Crippen molar-refractivity contribution in [2.45, 2.75) is 25.8 Å². The second-order valence-electron chi connectivity index (χ2n) is 3.36. The zero-order chi connectivity index (χ0) is 11.0. The number of ether oxygens (including phenoxy) is 1. The highest BCUT2D eigenvalue weighted by atomic mass is 32.2. The van der Waals surface area contributed by atoms with Gasteiger partial charge in [-0.05, 0) is 12.8 Å². The highest BCUT2D eigenvalue weighted by molar-refractivity contribution is 7.90. The predicted octanol–water partition coefficient (Wildman–Crippen LogP) is -0.320. The molecule has 0 saturated heterocycles. The maximum atomic E-state index is 10.9. The second-order valence-corrected chi connectivity index (χ2v) is 5.62. The Bertz CT molecular complexity index is 229. The van der Waals surface area contributed by atoms with E-state index in [0.29, 0.717) is 19.6 Å². The average molecular weight is 224 g/mol. The molecule has 0 aromatic rings. The van der Waals surface area contributed by atoms with Gasteiger partial charge in [-0.15, -0.1) is 0 Å². The van der Waals surface area contributed by atoms with Crippen LogP contribution in [-0.4, -0.2) is 39.7 Å². The normalized spacial score (nSPS) is 14.2. The number of nitrogens with one attached hydrogen (secondary N) is 1. The van der Waals surface area contributed by atoms with Gasteiger partial charge in [0.25, 0.3) is 0 Å². The van der Waals surface area contributed by atoms with Gasteiger partial charge in [-0.1, -0.05) is 6.92 Å². The summed E-state index contributed by atoms with van der Waals surface area (Å²) in [6, 6.07) is -0.0868. The highest BCUT2D eigenvalue weighted by Crippen LogP contribution is 1.96. The molecule has 0 heterocycles. The summed E-state index contributed by atoms with van der Waals surface area (Å²) in [5, 5.41) is 0. The van der Waals surface area contributed by atoms with Crippen LogP contribution in [0.5, 0.6) is 0 Å². The van der Waals surface area contributed by atoms with E-state index in [1.165, 1.54) is 6.26 Å². The Balaban J connectivity index is 3.69. The summed E-state index contributed by atoms with van der Waals surface area (Å²) in [7, 11) is -2.91. The van der Waals surface area contributed by atoms with E-state index in [1.807, 2.05) is 6.92 Å². The van der Waals surface area contributed by atoms with Crippen molar-refractivity contribution < 1.29 is 13.2 Å². The first kappa shape index (κ1) is 13.8. The molecular formula is C8H20N2O3S. The zero-order valence-corrected chi connectivity index (χ0v) is 9.64. The Hall–Kier alpha value is -0.170. The van der Waals surface area contributed by atoms with Crippen molar-refractivity contribution in [3.8, 4) is 0 Å². The van der Waals surface area contributed by atoms with Crippen molar-refractivity contribution in [1.29, 1.82) is 0 Å². The van der Waals surface area contributed by atoms with Gasteiger partial charge in [0, 0.05) is 18.9 Å². The highest BCUT2D eigenvalue weighted by Gasteiger charge is 2.10. The van der Waals surface area contributed by atoms with Gasteiger partial charge in [0.05, 0.1) is 12.4 Å². The van der Waals surface area contributed by atoms with Crippen LogP contribution in [0.2, 0.25) is 0 Å². The summed E-state index contributed by atoms with van der Waals surface area (Å²) in [6.07, 6.45) is 2.65. The van der Waals surface area contributed by atoms with Crippen LogP contribution in [0, 0.1) is 0 Å². The zero-order valence-electron chi connectivity index (χ0n) is 8.82. The number of nitrogens with two attached hydrogens (primary N) is 1. The molecule has 1 unspecified atom stereocenters. The number of sulfone groups is 1. The van der Waals surface area contributed by atoms with E-state index in [-0.39, 0.29) is 11.8 Å². The molecule has 0 spiro atoms. The number of hydrogen-bond acceptors (Lipinski definition) is 5. The summed E-state index contributed by atoms with van der Waals surface area (Å²) < 4.78 is 27.0. The number of hydrogen-bond donors (Lipinski definition) is 2. The largest absolute Gasteiger partial charge is 0.380 e. The van der Waals surface area contributed by atoms with Crippen LogP contribution in [0.15, 0.2) is 0 Å². The van der Waals surface area contributed by atoms with Gasteiger partial charge in [-0.25, -0.2) is 8.42 Å². The topological polar surface area (TPSA) is 81.4 Å². The Morgan fingerprint density at radius 3 is 2.57 bits per heavy atom. The van der Waals surface area contributed by atoms with E-state index >= 15 is 0 Å². The number of hydrazine groups is 1. The van der Waals surface area contributed by atoms with Crippen LogP contribution in [0.25, 0.3) is 0 Å². The molecule has 6 heteroatoms. The summed E-state index contributed by atoms with van der Waals surface area (Å²) in [5.74, 6) is 5.40. The minimum absolute atomic E-state index is 0.0868. The average Bonchev–Trinajstić information content (AvgIpc) is 2.09. The Morgan fingerprint density at radius 2 is 2.14 bits per heavy atom. The molecular weight excluding hydrogens is 204 g/mol. The Labute approximate surface area is 85.9 Å². The maximum Gasteiger partial charge on any atom is 0.147 e. The Morgan fingerprint density at radius 1 is 1.50 bits per heavy atom. The van der Waals surface area contributed by atoms with Crippen molar-refractivity contribution in [3.63, 3.8) is 0 Å². The van der Waals surface area contributed by atoms with E-state index in [0.717, 1.165) is 6.42 Å². The predicted molar refractivity (Wildman–Crippen MR) is 56.5 cm³/mol. The monoisotopic (exact) mass is 224 g/mol. The molecule has 0 aliphatic carbocycles. The molecule has 0 aliphatic heterocycles. The van der Waals surface area contributed by atoms with Crippen LogP contribution in [0.4, 0.5) is 0 Å². The van der Waals surface area contributed by atoms with Crippen LogP contribution < -0.4 is 11.3 Å². The van der Waals surface area contributed by atoms with Gasteiger partial charge in [-0.2, -0.15) is 0 Å². The summed E-state index contributed by atoms with van der Waals surface area (Å²) in [4.78, 5) is 0. The smallest absolute Gasteiger partial charge is 0.147 e. The number of rotatable bonds is 8. The summed E-state index contributed by atoms with van der Waals surface area (Å²) >= 11 is 0. The Kier molecular flexibility index (Phi) is 7.08. The maximum absolute atomic E-state index is 10.9. The first-order chi connectivity index (χ1) is 6.49. The molecule has 0 fully saturated rings. The van der Waals surface area contributed by atoms with Crippen LogP contribution in [0.1, 0.15) is 19.8 Å². The van der Waals surface area contributed by atoms with Crippen LogP contribution in [0.3, 0.4) is 0 Å². The van der Waals surface area contributed by atoms with Gasteiger partial charge in [0.15, 0.2) is 0 Å².